The van der Waals surface area contributed by atoms with Crippen molar-refractivity contribution in [3.05, 3.63) is 83.9 Å². The molecule has 0 spiro atoms. The smallest absolute Gasteiger partial charge is 0.259 e. The van der Waals surface area contributed by atoms with Crippen molar-refractivity contribution in [2.24, 2.45) is 23.7 Å². The number of ether oxygens (including phenoxy) is 4. The van der Waals surface area contributed by atoms with Crippen LogP contribution in [0.2, 0.25) is 0 Å². The maximum atomic E-state index is 13.9. The van der Waals surface area contributed by atoms with Crippen molar-refractivity contribution >= 4 is 0 Å². The van der Waals surface area contributed by atoms with E-state index in [1.165, 1.54) is 0 Å². The molecule has 196 valence electrons. The Labute approximate surface area is 209 Å². The summed E-state index contributed by atoms with van der Waals surface area (Å²) in [5.41, 5.74) is 1.89. The van der Waals surface area contributed by atoms with Crippen LogP contribution < -0.4 is 0 Å². The van der Waals surface area contributed by atoms with Gasteiger partial charge in [0.05, 0.1) is 76.5 Å². The zero-order chi connectivity index (χ0) is 25.4. The molecule has 2 aromatic rings. The number of hydrogen-bond acceptors (Lipinski definition) is 4. The lowest BCUT2D eigenvalue weighted by Gasteiger charge is -2.03. The quantitative estimate of drug-likeness (QED) is 0.164. The first-order chi connectivity index (χ1) is 17.4. The molecular weight excluding hydrogens is 476 g/mol. The summed E-state index contributed by atoms with van der Waals surface area (Å²) in [4.78, 5) is 0. The monoisotopic (exact) mass is 508 g/mol. The fourth-order valence-electron chi connectivity index (χ4n) is 4.25. The van der Waals surface area contributed by atoms with E-state index in [0.717, 1.165) is 11.1 Å². The summed E-state index contributed by atoms with van der Waals surface area (Å²) in [6, 6.07) is 18.8. The molecular formula is C28H32F4O4. The van der Waals surface area contributed by atoms with Gasteiger partial charge >= 0.3 is 0 Å². The Morgan fingerprint density at radius 3 is 1.22 bits per heavy atom. The van der Waals surface area contributed by atoms with Crippen molar-refractivity contribution in [1.29, 1.82) is 0 Å². The molecule has 2 aliphatic carbocycles. The number of hydrogen-bond donors (Lipinski definition) is 0. The highest BCUT2D eigenvalue weighted by Crippen LogP contribution is 2.56. The Hall–Kier alpha value is -2.26. The molecule has 2 aromatic carbocycles. The number of alkyl halides is 4. The fourth-order valence-corrected chi connectivity index (χ4v) is 4.25. The molecule has 0 radical (unpaired) electrons. The van der Waals surface area contributed by atoms with Crippen LogP contribution in [0.5, 0.6) is 0 Å². The maximum Gasteiger partial charge on any atom is 0.259 e. The molecule has 0 heterocycles. The maximum absolute atomic E-state index is 13.9. The summed E-state index contributed by atoms with van der Waals surface area (Å²) in [6.45, 7) is 0.780. The molecule has 0 unspecified atom stereocenters. The molecule has 0 aromatic heterocycles. The SMILES string of the molecule is FC1(F)[C@H](COC/C=C/COC[C@@H]2[C@@H](COCc3ccccc3)C2(F)F)[C@H]1COCc1ccccc1. The van der Waals surface area contributed by atoms with E-state index in [2.05, 4.69) is 0 Å². The van der Waals surface area contributed by atoms with E-state index in [0.29, 0.717) is 13.2 Å². The first-order valence-electron chi connectivity index (χ1n) is 12.2. The van der Waals surface area contributed by atoms with Gasteiger partial charge in [-0.2, -0.15) is 0 Å². The summed E-state index contributed by atoms with van der Waals surface area (Å²) in [7, 11) is 0. The summed E-state index contributed by atoms with van der Waals surface area (Å²) < 4.78 is 77.3. The molecule has 0 saturated heterocycles. The molecule has 0 bridgehead atoms. The van der Waals surface area contributed by atoms with E-state index in [4.69, 9.17) is 18.9 Å². The van der Waals surface area contributed by atoms with Gasteiger partial charge in [0.15, 0.2) is 0 Å². The predicted octanol–water partition coefficient (Wildman–Crippen LogP) is 5.77. The fraction of sp³-hybridized carbons (Fsp3) is 0.500. The van der Waals surface area contributed by atoms with Gasteiger partial charge < -0.3 is 18.9 Å². The van der Waals surface area contributed by atoms with Crippen LogP contribution in [-0.4, -0.2) is 51.5 Å². The van der Waals surface area contributed by atoms with Crippen molar-refractivity contribution in [1.82, 2.24) is 0 Å². The van der Waals surface area contributed by atoms with Crippen LogP contribution in [0.4, 0.5) is 17.6 Å². The largest absolute Gasteiger partial charge is 0.377 e. The van der Waals surface area contributed by atoms with Gasteiger partial charge in [-0.25, -0.2) is 17.6 Å². The minimum absolute atomic E-state index is 0.0102. The molecule has 4 atom stereocenters. The van der Waals surface area contributed by atoms with Crippen molar-refractivity contribution in [2.75, 3.05) is 39.6 Å². The average Bonchev–Trinajstić information content (AvgIpc) is 3.62. The Balaban J connectivity index is 1.02. The van der Waals surface area contributed by atoms with E-state index in [-0.39, 0.29) is 39.6 Å². The number of rotatable bonds is 16. The Kier molecular flexibility index (Phi) is 9.17. The lowest BCUT2D eigenvalue weighted by molar-refractivity contribution is 0.0384. The van der Waals surface area contributed by atoms with Gasteiger partial charge in [0, 0.05) is 0 Å². The highest BCUT2D eigenvalue weighted by molar-refractivity contribution is 5.14. The van der Waals surface area contributed by atoms with E-state index in [1.807, 2.05) is 60.7 Å². The summed E-state index contributed by atoms with van der Waals surface area (Å²) in [5, 5.41) is 0. The third-order valence-electron chi connectivity index (χ3n) is 6.74. The summed E-state index contributed by atoms with van der Waals surface area (Å²) >= 11 is 0. The normalized spacial score (nSPS) is 25.8. The van der Waals surface area contributed by atoms with E-state index >= 15 is 0 Å². The molecule has 0 aliphatic heterocycles. The van der Waals surface area contributed by atoms with Crippen LogP contribution >= 0.6 is 0 Å². The van der Waals surface area contributed by atoms with Crippen LogP contribution in [0.3, 0.4) is 0 Å². The van der Waals surface area contributed by atoms with Crippen LogP contribution in [-0.2, 0) is 32.2 Å². The van der Waals surface area contributed by atoms with Crippen molar-refractivity contribution in [3.63, 3.8) is 0 Å². The predicted molar refractivity (Wildman–Crippen MR) is 127 cm³/mol. The Bertz CT molecular complexity index is 877. The van der Waals surface area contributed by atoms with Gasteiger partial charge in [0.1, 0.15) is 0 Å². The minimum atomic E-state index is -2.78. The Morgan fingerprint density at radius 1 is 0.528 bits per heavy atom. The summed E-state index contributed by atoms with van der Waals surface area (Å²) in [6.07, 6.45) is 3.29. The van der Waals surface area contributed by atoms with E-state index < -0.39 is 35.5 Å². The molecule has 0 amide bonds. The first kappa shape index (κ1) is 26.8. The molecule has 2 aliphatic rings. The highest BCUT2D eigenvalue weighted by Gasteiger charge is 2.68. The van der Waals surface area contributed by atoms with Gasteiger partial charge in [0.25, 0.3) is 11.8 Å². The van der Waals surface area contributed by atoms with Gasteiger partial charge in [-0.05, 0) is 11.1 Å². The zero-order valence-electron chi connectivity index (χ0n) is 20.0. The molecule has 2 saturated carbocycles. The topological polar surface area (TPSA) is 36.9 Å². The van der Waals surface area contributed by atoms with Crippen molar-refractivity contribution in [2.45, 2.75) is 25.1 Å². The first-order valence-corrected chi connectivity index (χ1v) is 12.2. The van der Waals surface area contributed by atoms with E-state index in [9.17, 15) is 17.6 Å². The lowest BCUT2D eigenvalue weighted by atomic mass is 10.2. The van der Waals surface area contributed by atoms with Gasteiger partial charge in [-0.3, -0.25) is 0 Å². The van der Waals surface area contributed by atoms with Crippen molar-refractivity contribution in [3.8, 4) is 0 Å². The third kappa shape index (κ3) is 7.16. The van der Waals surface area contributed by atoms with E-state index in [1.54, 1.807) is 12.2 Å². The number of halogens is 4. The van der Waals surface area contributed by atoms with Crippen LogP contribution in [0.1, 0.15) is 11.1 Å². The van der Waals surface area contributed by atoms with Gasteiger partial charge in [-0.1, -0.05) is 72.8 Å². The van der Waals surface area contributed by atoms with Crippen LogP contribution in [0.15, 0.2) is 72.8 Å². The van der Waals surface area contributed by atoms with Crippen LogP contribution in [0, 0.1) is 23.7 Å². The Morgan fingerprint density at radius 2 is 0.861 bits per heavy atom. The molecule has 36 heavy (non-hydrogen) atoms. The average molecular weight is 509 g/mol. The molecule has 0 N–H and O–H groups in total. The second kappa shape index (κ2) is 12.3. The van der Waals surface area contributed by atoms with Gasteiger partial charge in [-0.15, -0.1) is 0 Å². The highest BCUT2D eigenvalue weighted by atomic mass is 19.3. The molecule has 8 heteroatoms. The molecule has 4 nitrogen and oxygen atoms in total. The zero-order valence-corrected chi connectivity index (χ0v) is 20.0. The third-order valence-corrected chi connectivity index (χ3v) is 6.74. The lowest BCUT2D eigenvalue weighted by Crippen LogP contribution is -2.04. The second-order valence-corrected chi connectivity index (χ2v) is 9.32. The molecule has 4 rings (SSSR count). The minimum Gasteiger partial charge on any atom is -0.377 e. The van der Waals surface area contributed by atoms with Gasteiger partial charge in [0.2, 0.25) is 0 Å². The molecule has 2 fully saturated rings. The summed E-state index contributed by atoms with van der Waals surface area (Å²) in [5.74, 6) is -8.93. The second-order valence-electron chi connectivity index (χ2n) is 9.32. The standard InChI is InChI=1S/C28H32F4O4/c29-27(30)23(25(27)19-35-15-21-9-3-1-4-10-21)17-33-13-7-8-14-34-18-24-26(28(24,31)32)20-36-16-22-11-5-2-6-12-22/h1-12,23-26H,13-20H2/b8-7+/t23-,24-,25-,26-/m1/s1. The van der Waals surface area contributed by atoms with Crippen LogP contribution in [0.25, 0.3) is 0 Å². The van der Waals surface area contributed by atoms with Crippen molar-refractivity contribution < 1.29 is 36.5 Å². The number of benzene rings is 2.